The number of hydrogen-bond donors (Lipinski definition) is 0. The van der Waals surface area contributed by atoms with E-state index in [1.807, 2.05) is 24.3 Å². The molecular weight excluding hydrogens is 238 g/mol. The van der Waals surface area contributed by atoms with Crippen LogP contribution in [0, 0.1) is 0 Å². The van der Waals surface area contributed by atoms with Gasteiger partial charge in [-0.3, -0.25) is 14.5 Å². The van der Waals surface area contributed by atoms with Gasteiger partial charge in [-0.05, 0) is 35.1 Å². The third kappa shape index (κ3) is 1.17. The van der Waals surface area contributed by atoms with Gasteiger partial charge in [0.1, 0.15) is 0 Å². The predicted molar refractivity (Wildman–Crippen MR) is 73.1 cm³/mol. The Bertz CT molecular complexity index is 780. The molecule has 2 aliphatic rings. The lowest BCUT2D eigenvalue weighted by Crippen LogP contribution is -2.37. The van der Waals surface area contributed by atoms with E-state index in [2.05, 4.69) is 12.2 Å². The summed E-state index contributed by atoms with van der Waals surface area (Å²) in [5, 5.41) is 1.89. The summed E-state index contributed by atoms with van der Waals surface area (Å²) in [6.45, 7) is 0. The number of rotatable bonds is 0. The summed E-state index contributed by atoms with van der Waals surface area (Å²) >= 11 is 0. The second kappa shape index (κ2) is 3.32. The molecule has 0 atom stereocenters. The van der Waals surface area contributed by atoms with Gasteiger partial charge in [-0.2, -0.15) is 0 Å². The normalized spacial score (nSPS) is 16.4. The van der Waals surface area contributed by atoms with Crippen molar-refractivity contribution in [3.05, 3.63) is 52.6 Å². The summed E-state index contributed by atoms with van der Waals surface area (Å²) in [4.78, 5) is 25.7. The molecule has 0 saturated heterocycles. The van der Waals surface area contributed by atoms with Crippen LogP contribution in [-0.4, -0.2) is 23.8 Å². The summed E-state index contributed by atoms with van der Waals surface area (Å²) in [5.74, 6) is -0.425. The van der Waals surface area contributed by atoms with Crippen LogP contribution in [0.1, 0.15) is 31.8 Å². The van der Waals surface area contributed by atoms with Gasteiger partial charge in [0.15, 0.2) is 0 Å². The third-order valence-corrected chi connectivity index (χ3v) is 3.98. The van der Waals surface area contributed by atoms with Gasteiger partial charge in [-0.1, -0.05) is 24.3 Å². The molecule has 3 nitrogen and oxygen atoms in total. The lowest BCUT2D eigenvalue weighted by atomic mass is 9.86. The number of allylic oxidation sites excluding steroid dienone is 1. The zero-order valence-corrected chi connectivity index (χ0v) is 10.4. The highest BCUT2D eigenvalue weighted by molar-refractivity contribution is 6.26. The van der Waals surface area contributed by atoms with Crippen molar-refractivity contribution < 1.29 is 9.59 Å². The molecule has 1 aliphatic heterocycles. The molecule has 0 spiro atoms. The van der Waals surface area contributed by atoms with Crippen LogP contribution in [0.2, 0.25) is 0 Å². The number of amides is 2. The van der Waals surface area contributed by atoms with Crippen LogP contribution < -0.4 is 0 Å². The maximum atomic E-state index is 12.2. The van der Waals surface area contributed by atoms with Gasteiger partial charge >= 0.3 is 0 Å². The molecule has 0 radical (unpaired) electrons. The molecule has 4 rings (SSSR count). The Morgan fingerprint density at radius 1 is 0.947 bits per heavy atom. The molecular formula is C16H11NO2. The molecule has 0 saturated carbocycles. The molecule has 92 valence electrons. The molecule has 2 aromatic carbocycles. The fourth-order valence-corrected chi connectivity index (χ4v) is 3.03. The molecule has 19 heavy (non-hydrogen) atoms. The fraction of sp³-hybridized carbons (Fsp3) is 0.125. The largest absolute Gasteiger partial charge is 0.277 e. The third-order valence-electron chi connectivity index (χ3n) is 3.98. The van der Waals surface area contributed by atoms with Gasteiger partial charge in [-0.15, -0.1) is 0 Å². The Kier molecular flexibility index (Phi) is 1.83. The first-order valence-corrected chi connectivity index (χ1v) is 6.26. The summed E-state index contributed by atoms with van der Waals surface area (Å²) in [7, 11) is 1.53. The number of imide groups is 1. The van der Waals surface area contributed by atoms with E-state index in [0.29, 0.717) is 11.1 Å². The minimum Gasteiger partial charge on any atom is -0.277 e. The van der Waals surface area contributed by atoms with Crippen molar-refractivity contribution in [2.24, 2.45) is 0 Å². The molecule has 0 aromatic heterocycles. The lowest BCUT2D eigenvalue weighted by molar-refractivity contribution is 0.0651. The van der Waals surface area contributed by atoms with Gasteiger partial charge in [0.2, 0.25) is 0 Å². The number of carbonyl (C=O) groups excluding carboxylic acids is 2. The van der Waals surface area contributed by atoms with Crippen LogP contribution in [0.5, 0.6) is 0 Å². The van der Waals surface area contributed by atoms with Crippen molar-refractivity contribution in [3.8, 4) is 0 Å². The van der Waals surface area contributed by atoms with Gasteiger partial charge < -0.3 is 0 Å². The summed E-state index contributed by atoms with van der Waals surface area (Å²) in [6, 6.07) is 7.62. The first kappa shape index (κ1) is 10.5. The van der Waals surface area contributed by atoms with Crippen molar-refractivity contribution in [2.75, 3.05) is 7.05 Å². The summed E-state index contributed by atoms with van der Waals surface area (Å²) in [6.07, 6.45) is 5.02. The SMILES string of the molecule is CN1C(=O)c2ccc3c4c(ccc(c24)C1=O)CC=C3. The Balaban J connectivity index is 2.25. The van der Waals surface area contributed by atoms with Crippen LogP contribution in [-0.2, 0) is 6.42 Å². The number of nitrogens with zero attached hydrogens (tertiary/aromatic N) is 1. The van der Waals surface area contributed by atoms with Crippen molar-refractivity contribution in [2.45, 2.75) is 6.42 Å². The first-order valence-electron chi connectivity index (χ1n) is 6.26. The van der Waals surface area contributed by atoms with E-state index in [-0.39, 0.29) is 11.8 Å². The van der Waals surface area contributed by atoms with E-state index in [0.717, 1.165) is 22.8 Å². The zero-order valence-electron chi connectivity index (χ0n) is 10.4. The highest BCUT2D eigenvalue weighted by atomic mass is 16.2. The van der Waals surface area contributed by atoms with E-state index in [1.54, 1.807) is 0 Å². The number of benzene rings is 2. The average molecular weight is 249 g/mol. The Hall–Kier alpha value is -2.42. The Morgan fingerprint density at radius 3 is 2.37 bits per heavy atom. The zero-order chi connectivity index (χ0) is 13.1. The molecule has 1 heterocycles. The highest BCUT2D eigenvalue weighted by Crippen LogP contribution is 2.36. The average Bonchev–Trinajstić information content (AvgIpc) is 2.45. The number of hydrogen-bond acceptors (Lipinski definition) is 2. The van der Waals surface area contributed by atoms with E-state index in [4.69, 9.17) is 0 Å². The monoisotopic (exact) mass is 249 g/mol. The van der Waals surface area contributed by atoms with Crippen LogP contribution in [0.3, 0.4) is 0 Å². The van der Waals surface area contributed by atoms with Crippen LogP contribution >= 0.6 is 0 Å². The van der Waals surface area contributed by atoms with Crippen molar-refractivity contribution in [1.82, 2.24) is 4.90 Å². The van der Waals surface area contributed by atoms with Gasteiger partial charge in [0, 0.05) is 23.6 Å². The summed E-state index contributed by atoms with van der Waals surface area (Å²) < 4.78 is 0. The van der Waals surface area contributed by atoms with Gasteiger partial charge in [0.25, 0.3) is 11.8 Å². The van der Waals surface area contributed by atoms with Gasteiger partial charge in [-0.25, -0.2) is 0 Å². The second-order valence-electron chi connectivity index (χ2n) is 5.00. The predicted octanol–water partition coefficient (Wildman–Crippen LogP) is 2.63. The number of carbonyl (C=O) groups is 2. The van der Waals surface area contributed by atoms with E-state index in [1.165, 1.54) is 17.5 Å². The first-order chi connectivity index (χ1) is 9.18. The minimum atomic E-state index is -0.212. The second-order valence-corrected chi connectivity index (χ2v) is 5.00. The van der Waals surface area contributed by atoms with E-state index in [9.17, 15) is 9.59 Å². The maximum absolute atomic E-state index is 12.2. The van der Waals surface area contributed by atoms with Crippen LogP contribution in [0.25, 0.3) is 16.8 Å². The molecule has 2 amide bonds. The smallest absolute Gasteiger partial charge is 0.261 e. The quantitative estimate of drug-likeness (QED) is 0.673. The van der Waals surface area contributed by atoms with Crippen molar-refractivity contribution in [1.29, 1.82) is 0 Å². The van der Waals surface area contributed by atoms with E-state index < -0.39 is 0 Å². The highest BCUT2D eigenvalue weighted by Gasteiger charge is 2.31. The van der Waals surface area contributed by atoms with Crippen LogP contribution in [0.4, 0.5) is 0 Å². The van der Waals surface area contributed by atoms with Crippen LogP contribution in [0.15, 0.2) is 30.3 Å². The maximum Gasteiger partial charge on any atom is 0.261 e. The summed E-state index contributed by atoms with van der Waals surface area (Å²) in [5.41, 5.74) is 3.54. The van der Waals surface area contributed by atoms with E-state index >= 15 is 0 Å². The lowest BCUT2D eigenvalue weighted by Gasteiger charge is -2.26. The molecule has 2 aromatic rings. The molecule has 3 heteroatoms. The Labute approximate surface area is 110 Å². The standard InChI is InChI=1S/C16H11NO2/c1-17-15(18)11-7-5-9-3-2-4-10-6-8-12(16(17)19)14(11)13(9)10/h2-3,5-8H,4H2,1H3. The molecule has 0 fully saturated rings. The Morgan fingerprint density at radius 2 is 1.63 bits per heavy atom. The molecule has 0 unspecified atom stereocenters. The van der Waals surface area contributed by atoms with Gasteiger partial charge in [0.05, 0.1) is 0 Å². The fourth-order valence-electron chi connectivity index (χ4n) is 3.03. The van der Waals surface area contributed by atoms with Crippen molar-refractivity contribution in [3.63, 3.8) is 0 Å². The molecule has 1 aliphatic carbocycles. The van der Waals surface area contributed by atoms with Crippen molar-refractivity contribution >= 4 is 28.7 Å². The minimum absolute atomic E-state index is 0.212. The topological polar surface area (TPSA) is 37.4 Å². The molecule has 0 N–H and O–H groups in total. The molecule has 0 bridgehead atoms.